The second kappa shape index (κ2) is 28.7. The molecule has 0 spiro atoms. The molecule has 0 N–H and O–H groups in total. The van der Waals surface area contributed by atoms with Crippen LogP contribution in [-0.2, 0) is 0 Å². The van der Waals surface area contributed by atoms with Crippen LogP contribution in [0.15, 0.2) is 406 Å². The SMILES string of the molecule is Cc1cc2ccccc2c2c1oc1c(-c3ccc(-c4ccccc4)cc3)cccc12.Cc1cc2ccccc2c2c1oc1c(-c3ccc4ccccc4c3)cccc12.Cc1cccc2c1oc1c(-c3ccc(-c4ccccc4)cc3)cc3ccccc3c12.Cc1cccc2c1oc1c(-c3ccc4ccccc4c3)cc3ccccc3c12. The van der Waals surface area contributed by atoms with Crippen molar-refractivity contribution >= 4 is 152 Å². The van der Waals surface area contributed by atoms with Crippen LogP contribution in [0, 0.1) is 27.7 Å². The van der Waals surface area contributed by atoms with E-state index in [-0.39, 0.29) is 0 Å². The lowest BCUT2D eigenvalue weighted by molar-refractivity contribution is 0.667. The maximum Gasteiger partial charge on any atom is 0.143 e. The van der Waals surface area contributed by atoms with Gasteiger partial charge in [-0.05, 0) is 195 Å². The molecule has 116 heavy (non-hydrogen) atoms. The molecule has 20 aromatic carbocycles. The first kappa shape index (κ1) is 69.1. The molecule has 4 nitrogen and oxygen atoms in total. The van der Waals surface area contributed by atoms with E-state index in [0.29, 0.717) is 0 Å². The molecule has 0 saturated carbocycles. The lowest BCUT2D eigenvalue weighted by Gasteiger charge is -2.08. The zero-order valence-corrected chi connectivity index (χ0v) is 64.6. The third kappa shape index (κ3) is 12.1. The Morgan fingerprint density at radius 3 is 0.819 bits per heavy atom. The monoisotopic (exact) mass is 1480 g/mol. The van der Waals surface area contributed by atoms with E-state index in [4.69, 9.17) is 17.7 Å². The number of hydrogen-bond donors (Lipinski definition) is 0. The van der Waals surface area contributed by atoms with Crippen molar-refractivity contribution in [3.63, 3.8) is 0 Å². The number of hydrogen-bond acceptors (Lipinski definition) is 4. The molecule has 4 aromatic heterocycles. The van der Waals surface area contributed by atoms with Crippen molar-refractivity contribution in [3.05, 3.63) is 411 Å². The van der Waals surface area contributed by atoms with Gasteiger partial charge in [0.15, 0.2) is 0 Å². The molecule has 0 aliphatic carbocycles. The Balaban J connectivity index is 0.0000000967. The molecule has 24 aromatic rings. The highest BCUT2D eigenvalue weighted by atomic mass is 16.3. The highest BCUT2D eigenvalue weighted by Crippen LogP contribution is 2.47. The summed E-state index contributed by atoms with van der Waals surface area (Å²) in [5.41, 5.74) is 26.6. The fourth-order valence-electron chi connectivity index (χ4n) is 17.7. The summed E-state index contributed by atoms with van der Waals surface area (Å²) in [5.74, 6) is 0. The molecule has 0 fully saturated rings. The van der Waals surface area contributed by atoms with Crippen LogP contribution < -0.4 is 0 Å². The van der Waals surface area contributed by atoms with E-state index in [9.17, 15) is 0 Å². The van der Waals surface area contributed by atoms with Gasteiger partial charge in [0.1, 0.15) is 44.7 Å². The second-order valence-corrected chi connectivity index (χ2v) is 30.6. The zero-order chi connectivity index (χ0) is 77.5. The van der Waals surface area contributed by atoms with E-state index in [1.807, 2.05) is 12.1 Å². The Hall–Kier alpha value is -14.8. The Morgan fingerprint density at radius 1 is 0.138 bits per heavy atom. The van der Waals surface area contributed by atoms with Crippen LogP contribution in [0.5, 0.6) is 0 Å². The molecular weight excluding hydrogens is 1410 g/mol. The summed E-state index contributed by atoms with van der Waals surface area (Å²) in [6, 6.07) is 138. The van der Waals surface area contributed by atoms with Gasteiger partial charge in [-0.3, -0.25) is 0 Å². The number of aryl methyl sites for hydroxylation is 4. The standard InChI is InChI=1S/2C29H20O.2C27H18O/c1-19-8-7-13-25-27-24-12-6-5-11-23(24)18-26(29(27)30-28(19)25)22-16-14-21(15-17-22)20-9-3-2-4-10-20;1-19-18-23-10-5-6-11-24(23)27-26-13-7-12-25(29(26)30-28(19)27)22-16-14-21(15-17-22)20-8-3-2-4-9-20;1-17-7-6-12-23-25-22-11-5-4-10-20(22)16-24(27(25)28-26(17)23)21-14-13-18-8-2-3-9-19(18)15-21;1-17-15-20-9-4-5-10-22(20)25-24-12-6-11-23(27(24)28-26(17)25)21-14-13-18-7-2-3-8-19(18)16-21/h2*2-18H,1H3;2*2-16H,1H3. The summed E-state index contributed by atoms with van der Waals surface area (Å²) >= 11 is 0. The van der Waals surface area contributed by atoms with Gasteiger partial charge in [0.05, 0.1) is 0 Å². The van der Waals surface area contributed by atoms with Crippen LogP contribution in [0.4, 0.5) is 0 Å². The molecule has 548 valence electrons. The van der Waals surface area contributed by atoms with Crippen LogP contribution in [0.25, 0.3) is 219 Å². The van der Waals surface area contributed by atoms with Crippen molar-refractivity contribution in [1.82, 2.24) is 0 Å². The van der Waals surface area contributed by atoms with Gasteiger partial charge in [-0.1, -0.05) is 352 Å². The average Bonchev–Trinajstić information content (AvgIpc) is 1.59. The maximum absolute atomic E-state index is 6.49. The number of benzene rings is 20. The third-order valence-corrected chi connectivity index (χ3v) is 23.5. The fourth-order valence-corrected chi connectivity index (χ4v) is 17.7. The minimum atomic E-state index is 0.958. The van der Waals surface area contributed by atoms with Crippen molar-refractivity contribution in [2.24, 2.45) is 0 Å². The van der Waals surface area contributed by atoms with E-state index in [1.165, 1.54) is 169 Å². The molecule has 4 heterocycles. The van der Waals surface area contributed by atoms with Crippen molar-refractivity contribution in [3.8, 4) is 66.8 Å². The fraction of sp³-hybridized carbons (Fsp3) is 0.0357. The van der Waals surface area contributed by atoms with E-state index in [0.717, 1.165) is 72.5 Å². The molecule has 0 atom stereocenters. The Morgan fingerprint density at radius 2 is 0.405 bits per heavy atom. The molecule has 0 radical (unpaired) electrons. The lowest BCUT2D eigenvalue weighted by atomic mass is 9.95. The summed E-state index contributed by atoms with van der Waals surface area (Å²) in [6.45, 7) is 8.49. The molecule has 24 rings (SSSR count). The van der Waals surface area contributed by atoms with Crippen LogP contribution >= 0.6 is 0 Å². The molecule has 0 amide bonds. The maximum atomic E-state index is 6.49. The average molecular weight is 1490 g/mol. The van der Waals surface area contributed by atoms with E-state index < -0.39 is 0 Å². The normalized spacial score (nSPS) is 11.6. The second-order valence-electron chi connectivity index (χ2n) is 30.6. The minimum Gasteiger partial charge on any atom is -0.455 e. The van der Waals surface area contributed by atoms with Gasteiger partial charge in [0.25, 0.3) is 0 Å². The number of rotatable bonds is 6. The zero-order valence-electron chi connectivity index (χ0n) is 64.6. The molecule has 0 saturated heterocycles. The van der Waals surface area contributed by atoms with Crippen molar-refractivity contribution in [2.45, 2.75) is 27.7 Å². The quantitative estimate of drug-likeness (QED) is 0.166. The van der Waals surface area contributed by atoms with Crippen LogP contribution in [0.3, 0.4) is 0 Å². The summed E-state index contributed by atoms with van der Waals surface area (Å²) in [6.07, 6.45) is 0. The van der Waals surface area contributed by atoms with Crippen molar-refractivity contribution in [1.29, 1.82) is 0 Å². The van der Waals surface area contributed by atoms with Crippen molar-refractivity contribution in [2.75, 3.05) is 0 Å². The molecule has 0 aliphatic heterocycles. The highest BCUT2D eigenvalue weighted by molar-refractivity contribution is 6.26. The van der Waals surface area contributed by atoms with Gasteiger partial charge in [0.2, 0.25) is 0 Å². The minimum absolute atomic E-state index is 0.958. The molecule has 4 heteroatoms. The Labute approximate surface area is 670 Å². The number of para-hydroxylation sites is 4. The Kier molecular flexibility index (Phi) is 17.1. The predicted molar refractivity (Wildman–Crippen MR) is 491 cm³/mol. The number of furan rings is 4. The van der Waals surface area contributed by atoms with Gasteiger partial charge in [-0.2, -0.15) is 0 Å². The predicted octanol–water partition coefficient (Wildman–Crippen LogP) is 32.5. The van der Waals surface area contributed by atoms with E-state index in [1.54, 1.807) is 0 Å². The summed E-state index contributed by atoms with van der Waals surface area (Å²) in [5, 5.41) is 24.5. The van der Waals surface area contributed by atoms with Gasteiger partial charge in [0, 0.05) is 65.3 Å². The van der Waals surface area contributed by atoms with Gasteiger partial charge in [-0.25, -0.2) is 0 Å². The summed E-state index contributed by atoms with van der Waals surface area (Å²) in [7, 11) is 0. The summed E-state index contributed by atoms with van der Waals surface area (Å²) in [4.78, 5) is 0. The van der Waals surface area contributed by atoms with Crippen LogP contribution in [0.1, 0.15) is 22.3 Å². The topological polar surface area (TPSA) is 52.6 Å². The first-order valence-corrected chi connectivity index (χ1v) is 39.8. The van der Waals surface area contributed by atoms with E-state index in [2.05, 4.69) is 404 Å². The first-order chi connectivity index (χ1) is 57.2. The third-order valence-electron chi connectivity index (χ3n) is 23.5. The molecular formula is C112H76O4. The number of fused-ring (bicyclic) bond motifs is 22. The summed E-state index contributed by atoms with van der Waals surface area (Å²) < 4.78 is 26.0. The van der Waals surface area contributed by atoms with Crippen LogP contribution in [-0.4, -0.2) is 0 Å². The largest absolute Gasteiger partial charge is 0.455 e. The molecule has 0 bridgehead atoms. The molecule has 0 aliphatic rings. The first-order valence-electron chi connectivity index (χ1n) is 39.8. The molecule has 0 unspecified atom stereocenters. The van der Waals surface area contributed by atoms with E-state index >= 15 is 0 Å². The smallest absolute Gasteiger partial charge is 0.143 e. The lowest BCUT2D eigenvalue weighted by Crippen LogP contribution is -1.83. The Bertz CT molecular complexity index is 7970. The van der Waals surface area contributed by atoms with Gasteiger partial charge < -0.3 is 17.7 Å². The van der Waals surface area contributed by atoms with Crippen molar-refractivity contribution < 1.29 is 17.7 Å². The van der Waals surface area contributed by atoms with Crippen LogP contribution in [0.2, 0.25) is 0 Å². The van der Waals surface area contributed by atoms with Gasteiger partial charge in [-0.15, -0.1) is 0 Å². The van der Waals surface area contributed by atoms with Gasteiger partial charge >= 0.3 is 0 Å². The highest BCUT2D eigenvalue weighted by Gasteiger charge is 2.23.